The molecule has 1 saturated carbocycles. The number of carbonyl (C=O) groups excluding carboxylic acids is 1. The van der Waals surface area contributed by atoms with Crippen molar-refractivity contribution < 1.29 is 22.7 Å². The predicted molar refractivity (Wildman–Crippen MR) is 126 cm³/mol. The minimum atomic E-state index is -4.75. The number of anilines is 2. The molecule has 0 radical (unpaired) electrons. The molecule has 0 bridgehead atoms. The Labute approximate surface area is 206 Å². The molecule has 4 heterocycles. The Hall–Kier alpha value is -3.65. The van der Waals surface area contributed by atoms with Crippen molar-refractivity contribution in [2.24, 2.45) is 5.92 Å². The van der Waals surface area contributed by atoms with Crippen LogP contribution in [-0.4, -0.2) is 43.1 Å². The summed E-state index contributed by atoms with van der Waals surface area (Å²) in [5, 5.41) is 13.4. The summed E-state index contributed by atoms with van der Waals surface area (Å²) in [6.07, 6.45) is 3.12. The molecule has 10 nitrogen and oxygen atoms in total. The highest BCUT2D eigenvalue weighted by Crippen LogP contribution is 2.44. The van der Waals surface area contributed by atoms with Crippen LogP contribution >= 0.6 is 11.3 Å². The molecule has 0 saturated heterocycles. The predicted octanol–water partition coefficient (Wildman–Crippen LogP) is 5.13. The third-order valence-electron chi connectivity index (χ3n) is 5.98. The number of nitrogens with one attached hydrogen (secondary N) is 2. The monoisotopic (exact) mass is 518 g/mol. The second-order valence-electron chi connectivity index (χ2n) is 8.31. The van der Waals surface area contributed by atoms with Gasteiger partial charge in [-0.15, -0.1) is 4.80 Å². The molecule has 4 aromatic rings. The summed E-state index contributed by atoms with van der Waals surface area (Å²) in [7, 11) is 1.61. The Bertz CT molecular complexity index is 1400. The molecule has 2 amide bonds. The molecule has 0 aliphatic heterocycles. The number of fused-ring (bicyclic) bond motifs is 1. The summed E-state index contributed by atoms with van der Waals surface area (Å²) in [4.78, 5) is 27.2. The van der Waals surface area contributed by atoms with Gasteiger partial charge in [0.15, 0.2) is 5.82 Å². The van der Waals surface area contributed by atoms with Gasteiger partial charge in [-0.3, -0.25) is 0 Å². The number of methoxy groups -OCH3 is 1. The van der Waals surface area contributed by atoms with E-state index >= 15 is 0 Å². The third-order valence-corrected chi connectivity index (χ3v) is 6.85. The standard InChI is InChI=1S/C22H21F3N8O2S/c1-11-30-17-16(18(35-2)12-4-3-5-12)15(10-27-20(17)36-11)32-21(34)31-13-8-14(22(23,24)25)19(26-9-13)33-28-6-7-29-33/h6-10,12,18H,3-5H2,1-2H3,(H2,31,32,34). The van der Waals surface area contributed by atoms with Gasteiger partial charge in [-0.1, -0.05) is 17.8 Å². The molecule has 1 fully saturated rings. The van der Waals surface area contributed by atoms with Gasteiger partial charge in [0.2, 0.25) is 0 Å². The van der Waals surface area contributed by atoms with Crippen molar-refractivity contribution in [3.8, 4) is 5.82 Å². The van der Waals surface area contributed by atoms with Crippen molar-refractivity contribution >= 4 is 39.1 Å². The number of thiazole rings is 1. The summed E-state index contributed by atoms with van der Waals surface area (Å²) < 4.78 is 46.9. The minimum absolute atomic E-state index is 0.155. The number of halogens is 3. The van der Waals surface area contributed by atoms with E-state index in [0.717, 1.165) is 46.2 Å². The Kier molecular flexibility index (Phi) is 6.30. The maximum absolute atomic E-state index is 13.7. The van der Waals surface area contributed by atoms with Crippen molar-refractivity contribution in [3.05, 3.63) is 47.0 Å². The molecule has 2 N–H and O–H groups in total. The van der Waals surface area contributed by atoms with E-state index in [4.69, 9.17) is 4.74 Å². The van der Waals surface area contributed by atoms with Crippen LogP contribution in [0.4, 0.5) is 29.3 Å². The fraction of sp³-hybridized carbons (Fsp3) is 0.364. The van der Waals surface area contributed by atoms with Crippen LogP contribution in [-0.2, 0) is 10.9 Å². The van der Waals surface area contributed by atoms with E-state index in [1.54, 1.807) is 7.11 Å². The second kappa shape index (κ2) is 9.43. The summed E-state index contributed by atoms with van der Waals surface area (Å²) >= 11 is 1.43. The van der Waals surface area contributed by atoms with Gasteiger partial charge < -0.3 is 15.4 Å². The molecule has 5 rings (SSSR count). The van der Waals surface area contributed by atoms with Crippen molar-refractivity contribution in [2.75, 3.05) is 17.7 Å². The number of hydrogen-bond acceptors (Lipinski definition) is 8. The molecule has 188 valence electrons. The van der Waals surface area contributed by atoms with Gasteiger partial charge in [0.05, 0.1) is 47.3 Å². The van der Waals surface area contributed by atoms with Crippen LogP contribution in [0.15, 0.2) is 30.9 Å². The lowest BCUT2D eigenvalue weighted by molar-refractivity contribution is -0.137. The van der Waals surface area contributed by atoms with Crippen LogP contribution in [0.1, 0.15) is 41.5 Å². The SMILES string of the molecule is COC(c1c(NC(=O)Nc2cnc(-n3nccn3)c(C(F)(F)F)c2)cnc2sc(C)nc12)C1CCC1. The number of aryl methyl sites for hydroxylation is 1. The highest BCUT2D eigenvalue weighted by atomic mass is 32.1. The van der Waals surface area contributed by atoms with E-state index in [1.165, 1.54) is 29.9 Å². The second-order valence-corrected chi connectivity index (χ2v) is 9.49. The third kappa shape index (κ3) is 4.60. The maximum atomic E-state index is 13.7. The lowest BCUT2D eigenvalue weighted by atomic mass is 9.78. The number of aromatic nitrogens is 6. The van der Waals surface area contributed by atoms with Gasteiger partial charge in [0.25, 0.3) is 0 Å². The first-order valence-electron chi connectivity index (χ1n) is 11.1. The van der Waals surface area contributed by atoms with Gasteiger partial charge in [0, 0.05) is 12.7 Å². The normalized spacial score (nSPS) is 15.0. The van der Waals surface area contributed by atoms with Gasteiger partial charge in [-0.25, -0.2) is 19.7 Å². The summed E-state index contributed by atoms with van der Waals surface area (Å²) in [5.74, 6) is -0.231. The van der Waals surface area contributed by atoms with E-state index in [-0.39, 0.29) is 17.7 Å². The fourth-order valence-corrected chi connectivity index (χ4v) is 4.95. The Balaban J connectivity index is 1.45. The summed E-state index contributed by atoms with van der Waals surface area (Å²) in [6, 6.07) is 0.0247. The first-order valence-corrected chi connectivity index (χ1v) is 11.9. The summed E-state index contributed by atoms with van der Waals surface area (Å²) in [6.45, 7) is 1.87. The first-order chi connectivity index (χ1) is 17.2. The molecule has 0 spiro atoms. The number of carbonyl (C=O) groups is 1. The molecule has 0 aromatic carbocycles. The molecule has 1 aliphatic carbocycles. The maximum Gasteiger partial charge on any atom is 0.420 e. The average Bonchev–Trinajstić information content (AvgIpc) is 3.45. The van der Waals surface area contributed by atoms with Crippen LogP contribution in [0.2, 0.25) is 0 Å². The van der Waals surface area contributed by atoms with Crippen molar-refractivity contribution in [3.63, 3.8) is 0 Å². The van der Waals surface area contributed by atoms with Gasteiger partial charge in [0.1, 0.15) is 15.9 Å². The van der Waals surface area contributed by atoms with E-state index in [1.807, 2.05) is 6.92 Å². The molecule has 14 heteroatoms. The number of amides is 2. The van der Waals surface area contributed by atoms with Crippen LogP contribution in [0.3, 0.4) is 0 Å². The van der Waals surface area contributed by atoms with E-state index in [0.29, 0.717) is 16.8 Å². The van der Waals surface area contributed by atoms with Gasteiger partial charge in [-0.2, -0.15) is 23.4 Å². The number of hydrogen-bond donors (Lipinski definition) is 2. The number of urea groups is 1. The van der Waals surface area contributed by atoms with Gasteiger partial charge >= 0.3 is 12.2 Å². The highest BCUT2D eigenvalue weighted by Gasteiger charge is 2.36. The lowest BCUT2D eigenvalue weighted by Gasteiger charge is -2.34. The Morgan fingerprint density at radius 2 is 1.94 bits per heavy atom. The Morgan fingerprint density at radius 3 is 2.58 bits per heavy atom. The largest absolute Gasteiger partial charge is 0.420 e. The molecule has 1 unspecified atom stereocenters. The fourth-order valence-electron chi connectivity index (χ4n) is 4.18. The summed E-state index contributed by atoms with van der Waals surface area (Å²) in [5.41, 5.74) is 0.484. The molecular weight excluding hydrogens is 497 g/mol. The topological polar surface area (TPSA) is 120 Å². The average molecular weight is 519 g/mol. The van der Waals surface area contributed by atoms with Gasteiger partial charge in [-0.05, 0) is 31.7 Å². The molecule has 1 aliphatic rings. The Morgan fingerprint density at radius 1 is 1.19 bits per heavy atom. The molecular formula is C22H21F3N8O2S. The zero-order valence-electron chi connectivity index (χ0n) is 19.2. The zero-order chi connectivity index (χ0) is 25.4. The van der Waals surface area contributed by atoms with Crippen molar-refractivity contribution in [2.45, 2.75) is 38.5 Å². The van der Waals surface area contributed by atoms with Crippen LogP contribution in [0.5, 0.6) is 0 Å². The van der Waals surface area contributed by atoms with Crippen molar-refractivity contribution in [1.82, 2.24) is 29.9 Å². The highest BCUT2D eigenvalue weighted by molar-refractivity contribution is 7.18. The number of ether oxygens (including phenoxy) is 1. The number of pyridine rings is 2. The first kappa shape index (κ1) is 24.1. The molecule has 1 atom stereocenters. The quantitative estimate of drug-likeness (QED) is 0.363. The number of nitrogens with zero attached hydrogens (tertiary/aromatic N) is 6. The molecule has 4 aromatic heterocycles. The van der Waals surface area contributed by atoms with Crippen molar-refractivity contribution in [1.29, 1.82) is 0 Å². The van der Waals surface area contributed by atoms with Crippen LogP contribution in [0, 0.1) is 12.8 Å². The lowest BCUT2D eigenvalue weighted by Crippen LogP contribution is -2.26. The number of rotatable bonds is 6. The minimum Gasteiger partial charge on any atom is -0.376 e. The number of alkyl halides is 3. The van der Waals surface area contributed by atoms with E-state index in [9.17, 15) is 18.0 Å². The van der Waals surface area contributed by atoms with E-state index < -0.39 is 23.6 Å². The smallest absolute Gasteiger partial charge is 0.376 e. The zero-order valence-corrected chi connectivity index (χ0v) is 20.0. The van der Waals surface area contributed by atoms with Crippen LogP contribution < -0.4 is 10.6 Å². The van der Waals surface area contributed by atoms with E-state index in [2.05, 4.69) is 35.8 Å². The van der Waals surface area contributed by atoms with Crippen LogP contribution in [0.25, 0.3) is 16.2 Å². The molecule has 36 heavy (non-hydrogen) atoms.